The summed E-state index contributed by atoms with van der Waals surface area (Å²) < 4.78 is 0.916. The smallest absolute Gasteiger partial charge is 0.222 e. The fourth-order valence-electron chi connectivity index (χ4n) is 1.43. The lowest BCUT2D eigenvalue weighted by molar-refractivity contribution is 0.302. The number of halogens is 1. The molecule has 0 spiro atoms. The standard InChI is InChI=1S/C9H12BrN3/c1-6-2-3-8(6)13-9-11-4-7(10)5-12-9/h4-6,8H,2-3H2,1H3,(H,11,12,13). The molecule has 1 fully saturated rings. The number of nitrogens with zero attached hydrogens (tertiary/aromatic N) is 2. The minimum atomic E-state index is 0.571. The summed E-state index contributed by atoms with van der Waals surface area (Å²) in [4.78, 5) is 8.33. The minimum Gasteiger partial charge on any atom is -0.351 e. The molecule has 0 aliphatic heterocycles. The van der Waals surface area contributed by atoms with Crippen LogP contribution in [-0.4, -0.2) is 16.0 Å². The van der Waals surface area contributed by atoms with E-state index in [4.69, 9.17) is 0 Å². The number of nitrogens with one attached hydrogen (secondary N) is 1. The van der Waals surface area contributed by atoms with Gasteiger partial charge in [-0.05, 0) is 34.7 Å². The lowest BCUT2D eigenvalue weighted by Gasteiger charge is -2.34. The fraction of sp³-hybridized carbons (Fsp3) is 0.556. The second-order valence-corrected chi connectivity index (χ2v) is 4.45. The molecule has 70 valence electrons. The fourth-order valence-corrected chi connectivity index (χ4v) is 1.64. The first kappa shape index (κ1) is 8.94. The molecule has 1 aromatic heterocycles. The first-order valence-corrected chi connectivity index (χ1v) is 5.29. The summed E-state index contributed by atoms with van der Waals surface area (Å²) in [5.41, 5.74) is 0. The molecule has 1 aliphatic carbocycles. The van der Waals surface area contributed by atoms with Crippen molar-refractivity contribution in [1.82, 2.24) is 9.97 Å². The highest BCUT2D eigenvalue weighted by atomic mass is 79.9. The molecular weight excluding hydrogens is 230 g/mol. The lowest BCUT2D eigenvalue weighted by atomic mass is 9.81. The Balaban J connectivity index is 1.98. The van der Waals surface area contributed by atoms with Crippen LogP contribution in [0.25, 0.3) is 0 Å². The van der Waals surface area contributed by atoms with E-state index in [1.54, 1.807) is 12.4 Å². The second-order valence-electron chi connectivity index (χ2n) is 3.53. The van der Waals surface area contributed by atoms with Crippen LogP contribution in [0.3, 0.4) is 0 Å². The predicted molar refractivity (Wildman–Crippen MR) is 55.5 cm³/mol. The van der Waals surface area contributed by atoms with Gasteiger partial charge < -0.3 is 5.32 Å². The van der Waals surface area contributed by atoms with E-state index in [0.29, 0.717) is 6.04 Å². The maximum atomic E-state index is 4.17. The molecule has 0 radical (unpaired) electrons. The highest BCUT2D eigenvalue weighted by Crippen LogP contribution is 2.28. The van der Waals surface area contributed by atoms with Gasteiger partial charge in [0.1, 0.15) is 0 Å². The minimum absolute atomic E-state index is 0.571. The molecular formula is C9H12BrN3. The van der Waals surface area contributed by atoms with Crippen molar-refractivity contribution in [2.45, 2.75) is 25.8 Å². The average molecular weight is 242 g/mol. The Kier molecular flexibility index (Phi) is 2.49. The Morgan fingerprint density at radius 3 is 2.54 bits per heavy atom. The van der Waals surface area contributed by atoms with Crippen molar-refractivity contribution in [2.75, 3.05) is 5.32 Å². The Hall–Kier alpha value is -0.640. The zero-order chi connectivity index (χ0) is 9.26. The molecule has 13 heavy (non-hydrogen) atoms. The molecule has 1 saturated carbocycles. The predicted octanol–water partition coefficient (Wildman–Crippen LogP) is 2.45. The van der Waals surface area contributed by atoms with Gasteiger partial charge in [-0.2, -0.15) is 0 Å². The zero-order valence-corrected chi connectivity index (χ0v) is 9.08. The first-order valence-electron chi connectivity index (χ1n) is 4.50. The number of hydrogen-bond acceptors (Lipinski definition) is 3. The van der Waals surface area contributed by atoms with E-state index in [0.717, 1.165) is 16.3 Å². The van der Waals surface area contributed by atoms with Crippen molar-refractivity contribution in [3.05, 3.63) is 16.9 Å². The molecule has 0 bridgehead atoms. The number of hydrogen-bond donors (Lipinski definition) is 1. The Morgan fingerprint density at radius 2 is 2.08 bits per heavy atom. The third kappa shape index (κ3) is 1.99. The molecule has 2 rings (SSSR count). The summed E-state index contributed by atoms with van der Waals surface area (Å²) in [6.07, 6.45) is 6.08. The second kappa shape index (κ2) is 3.62. The molecule has 0 amide bonds. The SMILES string of the molecule is CC1CCC1Nc1ncc(Br)cn1. The molecule has 1 N–H and O–H groups in total. The molecule has 4 heteroatoms. The topological polar surface area (TPSA) is 37.8 Å². The quantitative estimate of drug-likeness (QED) is 0.865. The highest BCUT2D eigenvalue weighted by molar-refractivity contribution is 9.10. The summed E-state index contributed by atoms with van der Waals surface area (Å²) in [6.45, 7) is 2.25. The molecule has 1 aliphatic rings. The third-order valence-corrected chi connectivity index (χ3v) is 2.96. The normalized spacial score (nSPS) is 26.6. The van der Waals surface area contributed by atoms with E-state index >= 15 is 0 Å². The van der Waals surface area contributed by atoms with Crippen LogP contribution in [-0.2, 0) is 0 Å². The number of rotatable bonds is 2. The van der Waals surface area contributed by atoms with Crippen molar-refractivity contribution in [3.63, 3.8) is 0 Å². The summed E-state index contributed by atoms with van der Waals surface area (Å²) in [5, 5.41) is 3.31. The molecule has 1 heterocycles. The van der Waals surface area contributed by atoms with Gasteiger partial charge in [0.15, 0.2) is 0 Å². The van der Waals surface area contributed by atoms with Gasteiger partial charge in [-0.15, -0.1) is 0 Å². The van der Waals surface area contributed by atoms with Crippen LogP contribution in [0.4, 0.5) is 5.95 Å². The highest BCUT2D eigenvalue weighted by Gasteiger charge is 2.26. The Bertz CT molecular complexity index is 285. The summed E-state index contributed by atoms with van der Waals surface area (Å²) in [7, 11) is 0. The largest absolute Gasteiger partial charge is 0.351 e. The Labute approximate surface area is 86.1 Å². The van der Waals surface area contributed by atoms with E-state index in [9.17, 15) is 0 Å². The van der Waals surface area contributed by atoms with E-state index in [1.165, 1.54) is 12.8 Å². The van der Waals surface area contributed by atoms with Gasteiger partial charge in [-0.25, -0.2) is 9.97 Å². The van der Waals surface area contributed by atoms with E-state index < -0.39 is 0 Å². The van der Waals surface area contributed by atoms with Crippen molar-refractivity contribution >= 4 is 21.9 Å². The first-order chi connectivity index (χ1) is 6.25. The maximum Gasteiger partial charge on any atom is 0.222 e. The van der Waals surface area contributed by atoms with Crippen LogP contribution >= 0.6 is 15.9 Å². The molecule has 2 atom stereocenters. The van der Waals surface area contributed by atoms with E-state index in [-0.39, 0.29) is 0 Å². The number of aromatic nitrogens is 2. The monoisotopic (exact) mass is 241 g/mol. The maximum absolute atomic E-state index is 4.17. The molecule has 3 nitrogen and oxygen atoms in total. The Morgan fingerprint density at radius 1 is 1.38 bits per heavy atom. The van der Waals surface area contributed by atoms with Gasteiger partial charge >= 0.3 is 0 Å². The zero-order valence-electron chi connectivity index (χ0n) is 7.50. The van der Waals surface area contributed by atoms with E-state index in [1.807, 2.05) is 0 Å². The van der Waals surface area contributed by atoms with Crippen LogP contribution in [0.15, 0.2) is 16.9 Å². The number of anilines is 1. The van der Waals surface area contributed by atoms with Gasteiger partial charge in [0.05, 0.1) is 4.47 Å². The molecule has 2 unspecified atom stereocenters. The van der Waals surface area contributed by atoms with Crippen molar-refractivity contribution in [1.29, 1.82) is 0 Å². The summed E-state index contributed by atoms with van der Waals surface area (Å²) in [5.74, 6) is 1.49. The van der Waals surface area contributed by atoms with Gasteiger partial charge in [0.2, 0.25) is 5.95 Å². The van der Waals surface area contributed by atoms with Crippen LogP contribution in [0, 0.1) is 5.92 Å². The van der Waals surface area contributed by atoms with Crippen molar-refractivity contribution in [2.24, 2.45) is 5.92 Å². The summed E-state index contributed by atoms with van der Waals surface area (Å²) >= 11 is 3.30. The molecule has 1 aromatic rings. The lowest BCUT2D eigenvalue weighted by Crippen LogP contribution is -2.36. The van der Waals surface area contributed by atoms with E-state index in [2.05, 4.69) is 38.1 Å². The summed E-state index contributed by atoms with van der Waals surface area (Å²) in [6, 6.07) is 0.571. The van der Waals surface area contributed by atoms with Crippen LogP contribution < -0.4 is 5.32 Å². The van der Waals surface area contributed by atoms with Crippen molar-refractivity contribution in [3.8, 4) is 0 Å². The van der Waals surface area contributed by atoms with Crippen LogP contribution in [0.2, 0.25) is 0 Å². The molecule has 0 aromatic carbocycles. The van der Waals surface area contributed by atoms with Gasteiger partial charge in [-0.1, -0.05) is 6.92 Å². The van der Waals surface area contributed by atoms with Crippen LogP contribution in [0.1, 0.15) is 19.8 Å². The van der Waals surface area contributed by atoms with Gasteiger partial charge in [-0.3, -0.25) is 0 Å². The van der Waals surface area contributed by atoms with Gasteiger partial charge in [0.25, 0.3) is 0 Å². The van der Waals surface area contributed by atoms with Gasteiger partial charge in [0, 0.05) is 18.4 Å². The third-order valence-electron chi connectivity index (χ3n) is 2.55. The molecule has 0 saturated heterocycles. The van der Waals surface area contributed by atoms with Crippen LogP contribution in [0.5, 0.6) is 0 Å². The van der Waals surface area contributed by atoms with Crippen molar-refractivity contribution < 1.29 is 0 Å². The average Bonchev–Trinajstić information content (AvgIpc) is 2.15.